The third-order valence-corrected chi connectivity index (χ3v) is 4.39. The van der Waals surface area contributed by atoms with E-state index >= 15 is 0 Å². The molecule has 5 heteroatoms. The summed E-state index contributed by atoms with van der Waals surface area (Å²) in [6, 6.07) is 20.5. The lowest BCUT2D eigenvalue weighted by Gasteiger charge is -2.15. The van der Waals surface area contributed by atoms with Crippen LogP contribution >= 0.6 is 0 Å². The van der Waals surface area contributed by atoms with Gasteiger partial charge >= 0.3 is 0 Å². The van der Waals surface area contributed by atoms with Crippen molar-refractivity contribution in [3.05, 3.63) is 66.2 Å². The predicted molar refractivity (Wildman–Crippen MR) is 111 cm³/mol. The van der Waals surface area contributed by atoms with E-state index in [0.717, 1.165) is 34.8 Å². The van der Waals surface area contributed by atoms with E-state index in [4.69, 9.17) is 9.72 Å². The molecular weight excluding hydrogens is 336 g/mol. The second-order valence-corrected chi connectivity index (χ2v) is 6.49. The van der Waals surface area contributed by atoms with Crippen LogP contribution in [0.15, 0.2) is 60.7 Å². The fourth-order valence-corrected chi connectivity index (χ4v) is 2.66. The first-order valence-corrected chi connectivity index (χ1v) is 9.25. The van der Waals surface area contributed by atoms with E-state index in [2.05, 4.69) is 47.7 Å². The number of rotatable bonds is 8. The number of nitrogens with one attached hydrogen (secondary N) is 2. The van der Waals surface area contributed by atoms with Crippen molar-refractivity contribution in [1.29, 1.82) is 0 Å². The average Bonchev–Trinajstić information content (AvgIpc) is 2.72. The van der Waals surface area contributed by atoms with E-state index < -0.39 is 0 Å². The number of aromatic nitrogens is 2. The monoisotopic (exact) mass is 362 g/mol. The first-order valence-electron chi connectivity index (χ1n) is 9.25. The van der Waals surface area contributed by atoms with Crippen molar-refractivity contribution >= 4 is 11.8 Å². The Labute approximate surface area is 160 Å². The predicted octanol–water partition coefficient (Wildman–Crippen LogP) is 4.97. The fourth-order valence-electron chi connectivity index (χ4n) is 2.66. The molecule has 0 aliphatic rings. The zero-order valence-corrected chi connectivity index (χ0v) is 16.1. The van der Waals surface area contributed by atoms with Crippen LogP contribution in [0.1, 0.15) is 25.8 Å². The molecule has 1 atom stereocenters. The van der Waals surface area contributed by atoms with E-state index in [-0.39, 0.29) is 0 Å². The van der Waals surface area contributed by atoms with E-state index in [1.807, 2.05) is 42.5 Å². The van der Waals surface area contributed by atoms with Gasteiger partial charge in [0, 0.05) is 24.2 Å². The maximum Gasteiger partial charge on any atom is 0.225 e. The van der Waals surface area contributed by atoms with Gasteiger partial charge in [-0.05, 0) is 31.0 Å². The molecule has 2 N–H and O–H groups in total. The molecule has 1 aromatic heterocycles. The van der Waals surface area contributed by atoms with Gasteiger partial charge in [-0.1, -0.05) is 49.4 Å². The van der Waals surface area contributed by atoms with Crippen molar-refractivity contribution in [2.75, 3.05) is 17.7 Å². The van der Waals surface area contributed by atoms with Gasteiger partial charge in [0.05, 0.1) is 12.8 Å². The number of anilines is 2. The normalized spacial score (nSPS) is 11.7. The van der Waals surface area contributed by atoms with Crippen LogP contribution in [0, 0.1) is 0 Å². The highest BCUT2D eigenvalue weighted by molar-refractivity contribution is 5.64. The van der Waals surface area contributed by atoms with Gasteiger partial charge < -0.3 is 15.4 Å². The zero-order valence-electron chi connectivity index (χ0n) is 16.1. The molecule has 0 aliphatic heterocycles. The van der Waals surface area contributed by atoms with Gasteiger partial charge in [0.2, 0.25) is 5.95 Å². The number of hydrogen-bond acceptors (Lipinski definition) is 5. The molecular formula is C22H26N4O. The Morgan fingerprint density at radius 3 is 2.56 bits per heavy atom. The second kappa shape index (κ2) is 9.03. The van der Waals surface area contributed by atoms with Gasteiger partial charge in [0.1, 0.15) is 11.6 Å². The van der Waals surface area contributed by atoms with Crippen LogP contribution in [0.5, 0.6) is 5.75 Å². The van der Waals surface area contributed by atoms with Gasteiger partial charge in [0.25, 0.3) is 0 Å². The molecule has 0 aliphatic carbocycles. The molecule has 27 heavy (non-hydrogen) atoms. The van der Waals surface area contributed by atoms with Gasteiger partial charge in [0.15, 0.2) is 0 Å². The summed E-state index contributed by atoms with van der Waals surface area (Å²) in [6.45, 7) is 4.92. The van der Waals surface area contributed by atoms with E-state index in [9.17, 15) is 0 Å². The second-order valence-electron chi connectivity index (χ2n) is 6.49. The Morgan fingerprint density at radius 2 is 1.81 bits per heavy atom. The fraction of sp³-hybridized carbons (Fsp3) is 0.273. The minimum atomic E-state index is 0.308. The quantitative estimate of drug-likeness (QED) is 0.592. The van der Waals surface area contributed by atoms with Crippen LogP contribution in [0.2, 0.25) is 0 Å². The number of benzene rings is 2. The van der Waals surface area contributed by atoms with Gasteiger partial charge in [-0.3, -0.25) is 0 Å². The Balaban J connectivity index is 1.85. The molecule has 0 spiro atoms. The molecule has 1 heterocycles. The van der Waals surface area contributed by atoms with E-state index in [0.29, 0.717) is 18.5 Å². The molecule has 0 bridgehead atoms. The van der Waals surface area contributed by atoms with Crippen LogP contribution in [-0.4, -0.2) is 23.1 Å². The smallest absolute Gasteiger partial charge is 0.225 e. The highest BCUT2D eigenvalue weighted by atomic mass is 16.5. The number of ether oxygens (including phenoxy) is 1. The molecule has 0 fully saturated rings. The Kier molecular flexibility index (Phi) is 6.26. The van der Waals surface area contributed by atoms with Crippen molar-refractivity contribution in [3.8, 4) is 17.0 Å². The summed E-state index contributed by atoms with van der Waals surface area (Å²) in [4.78, 5) is 9.33. The first-order chi connectivity index (χ1) is 13.2. The number of hydrogen-bond donors (Lipinski definition) is 2. The zero-order chi connectivity index (χ0) is 19.1. The van der Waals surface area contributed by atoms with Crippen molar-refractivity contribution in [1.82, 2.24) is 9.97 Å². The van der Waals surface area contributed by atoms with Crippen molar-refractivity contribution in [2.24, 2.45) is 0 Å². The Hall–Kier alpha value is -3.08. The lowest BCUT2D eigenvalue weighted by Crippen LogP contribution is -2.16. The molecule has 0 unspecified atom stereocenters. The van der Waals surface area contributed by atoms with Crippen LogP contribution < -0.4 is 15.4 Å². The molecule has 2 aromatic carbocycles. The average molecular weight is 362 g/mol. The molecule has 3 rings (SSSR count). The third-order valence-electron chi connectivity index (χ3n) is 4.39. The third kappa shape index (κ3) is 5.20. The summed E-state index contributed by atoms with van der Waals surface area (Å²) in [5, 5.41) is 6.78. The van der Waals surface area contributed by atoms with Crippen molar-refractivity contribution in [3.63, 3.8) is 0 Å². The SMILES string of the molecule is CC[C@H](C)Nc1nc(NCc2cccc(OC)c2)cc(-c2ccccc2)n1. The van der Waals surface area contributed by atoms with Crippen molar-refractivity contribution in [2.45, 2.75) is 32.9 Å². The topological polar surface area (TPSA) is 59.1 Å². The summed E-state index contributed by atoms with van der Waals surface area (Å²) in [6.07, 6.45) is 1.01. The standard InChI is InChI=1S/C22H26N4O/c1-4-16(2)24-22-25-20(18-10-6-5-7-11-18)14-21(26-22)23-15-17-9-8-12-19(13-17)27-3/h5-14,16H,4,15H2,1-3H3,(H2,23,24,25,26)/t16-/m0/s1. The van der Waals surface area contributed by atoms with Crippen LogP contribution in [0.4, 0.5) is 11.8 Å². The van der Waals surface area contributed by atoms with Crippen LogP contribution in [-0.2, 0) is 6.54 Å². The van der Waals surface area contributed by atoms with Gasteiger partial charge in [-0.15, -0.1) is 0 Å². The first kappa shape index (κ1) is 18.7. The molecule has 140 valence electrons. The molecule has 0 saturated heterocycles. The minimum Gasteiger partial charge on any atom is -0.497 e. The molecule has 0 radical (unpaired) electrons. The van der Waals surface area contributed by atoms with E-state index in [1.165, 1.54) is 0 Å². The Morgan fingerprint density at radius 1 is 1.00 bits per heavy atom. The summed E-state index contributed by atoms with van der Waals surface area (Å²) < 4.78 is 5.30. The lowest BCUT2D eigenvalue weighted by atomic mass is 10.1. The van der Waals surface area contributed by atoms with Crippen LogP contribution in [0.25, 0.3) is 11.3 Å². The summed E-state index contributed by atoms with van der Waals surface area (Å²) in [5.74, 6) is 2.28. The number of nitrogens with zero attached hydrogens (tertiary/aromatic N) is 2. The summed E-state index contributed by atoms with van der Waals surface area (Å²) in [7, 11) is 1.68. The van der Waals surface area contributed by atoms with E-state index in [1.54, 1.807) is 7.11 Å². The Bertz CT molecular complexity index is 867. The lowest BCUT2D eigenvalue weighted by molar-refractivity contribution is 0.414. The minimum absolute atomic E-state index is 0.308. The van der Waals surface area contributed by atoms with Gasteiger partial charge in [-0.25, -0.2) is 4.98 Å². The summed E-state index contributed by atoms with van der Waals surface area (Å²) >= 11 is 0. The van der Waals surface area contributed by atoms with Crippen molar-refractivity contribution < 1.29 is 4.74 Å². The molecule has 5 nitrogen and oxygen atoms in total. The number of methoxy groups -OCH3 is 1. The molecule has 0 saturated carbocycles. The summed E-state index contributed by atoms with van der Waals surface area (Å²) in [5.41, 5.74) is 3.09. The van der Waals surface area contributed by atoms with Gasteiger partial charge in [-0.2, -0.15) is 4.98 Å². The highest BCUT2D eigenvalue weighted by Gasteiger charge is 2.09. The molecule has 0 amide bonds. The molecule has 3 aromatic rings. The van der Waals surface area contributed by atoms with Crippen LogP contribution in [0.3, 0.4) is 0 Å². The highest BCUT2D eigenvalue weighted by Crippen LogP contribution is 2.22. The maximum atomic E-state index is 5.30. The maximum absolute atomic E-state index is 5.30. The largest absolute Gasteiger partial charge is 0.497 e.